The third-order valence-corrected chi connectivity index (χ3v) is 7.26. The SMILES string of the molecule is CCN(CC)S(=O)(=O)c1cc(C(=O)OCc2cccc3ccccc23)ccc1Cl. The Morgan fingerprint density at radius 1 is 1.00 bits per heavy atom. The Morgan fingerprint density at radius 2 is 1.69 bits per heavy atom. The van der Waals surface area contributed by atoms with Crippen LogP contribution in [0.1, 0.15) is 29.8 Å². The van der Waals surface area contributed by atoms with Gasteiger partial charge in [0.15, 0.2) is 0 Å². The van der Waals surface area contributed by atoms with Crippen LogP contribution in [0, 0.1) is 0 Å². The van der Waals surface area contributed by atoms with Crippen LogP contribution in [0.3, 0.4) is 0 Å². The highest BCUT2D eigenvalue weighted by Crippen LogP contribution is 2.26. The lowest BCUT2D eigenvalue weighted by molar-refractivity contribution is 0.0474. The molecule has 0 atom stereocenters. The van der Waals surface area contributed by atoms with E-state index >= 15 is 0 Å². The molecular weight excluding hydrogens is 410 g/mol. The summed E-state index contributed by atoms with van der Waals surface area (Å²) in [5.41, 5.74) is 1.02. The number of hydrogen-bond donors (Lipinski definition) is 0. The number of rotatable bonds is 7. The van der Waals surface area contributed by atoms with Gasteiger partial charge in [-0.15, -0.1) is 0 Å². The summed E-state index contributed by atoms with van der Waals surface area (Å²) in [5.74, 6) is -0.606. The molecule has 0 bridgehead atoms. The lowest BCUT2D eigenvalue weighted by Gasteiger charge is -2.19. The summed E-state index contributed by atoms with van der Waals surface area (Å²) < 4.78 is 32.4. The molecule has 7 heteroatoms. The summed E-state index contributed by atoms with van der Waals surface area (Å²) >= 11 is 6.12. The highest BCUT2D eigenvalue weighted by atomic mass is 35.5. The molecule has 3 rings (SSSR count). The standard InChI is InChI=1S/C22H22ClNO4S/c1-3-24(4-2)29(26,27)21-14-17(12-13-20(21)23)22(25)28-15-18-10-7-9-16-8-5-6-11-19(16)18/h5-14H,3-4,15H2,1-2H3. The van der Waals surface area contributed by atoms with Crippen LogP contribution in [0.25, 0.3) is 10.8 Å². The average molecular weight is 432 g/mol. The first-order valence-corrected chi connectivity index (χ1v) is 11.1. The summed E-state index contributed by atoms with van der Waals surface area (Å²) in [6, 6.07) is 17.8. The van der Waals surface area contributed by atoms with E-state index in [1.165, 1.54) is 22.5 Å². The Hall–Kier alpha value is -2.41. The molecule has 3 aromatic rings. The van der Waals surface area contributed by atoms with Gasteiger partial charge in [-0.3, -0.25) is 0 Å². The lowest BCUT2D eigenvalue weighted by atomic mass is 10.1. The first kappa shape index (κ1) is 21.3. The zero-order valence-corrected chi connectivity index (χ0v) is 17.8. The van der Waals surface area contributed by atoms with Crippen molar-refractivity contribution in [1.82, 2.24) is 4.31 Å². The Bertz CT molecular complexity index is 1140. The quantitative estimate of drug-likeness (QED) is 0.500. The van der Waals surface area contributed by atoms with Crippen molar-refractivity contribution in [3.63, 3.8) is 0 Å². The van der Waals surface area contributed by atoms with Gasteiger partial charge in [-0.1, -0.05) is 67.9 Å². The molecule has 0 aliphatic rings. The van der Waals surface area contributed by atoms with Gasteiger partial charge in [0.25, 0.3) is 0 Å². The van der Waals surface area contributed by atoms with E-state index in [-0.39, 0.29) is 22.1 Å². The molecule has 0 aromatic heterocycles. The second kappa shape index (κ2) is 8.95. The van der Waals surface area contributed by atoms with Crippen LogP contribution in [0.4, 0.5) is 0 Å². The molecule has 0 unspecified atom stereocenters. The number of halogens is 1. The molecule has 0 N–H and O–H groups in total. The van der Waals surface area contributed by atoms with Gasteiger partial charge in [-0.25, -0.2) is 13.2 Å². The fourth-order valence-corrected chi connectivity index (χ4v) is 5.13. The van der Waals surface area contributed by atoms with Crippen molar-refractivity contribution in [2.75, 3.05) is 13.1 Å². The zero-order chi connectivity index (χ0) is 21.0. The highest BCUT2D eigenvalue weighted by molar-refractivity contribution is 7.89. The van der Waals surface area contributed by atoms with Gasteiger partial charge in [0.1, 0.15) is 11.5 Å². The van der Waals surface area contributed by atoms with E-state index in [1.54, 1.807) is 13.8 Å². The van der Waals surface area contributed by atoms with Gasteiger partial charge < -0.3 is 4.74 Å². The number of carbonyl (C=O) groups excluding carboxylic acids is 1. The maximum Gasteiger partial charge on any atom is 0.338 e. The fraction of sp³-hybridized carbons (Fsp3) is 0.227. The van der Waals surface area contributed by atoms with Crippen molar-refractivity contribution in [3.05, 3.63) is 76.8 Å². The van der Waals surface area contributed by atoms with Gasteiger partial charge in [0.05, 0.1) is 10.6 Å². The molecule has 0 saturated heterocycles. The van der Waals surface area contributed by atoms with Crippen molar-refractivity contribution in [2.45, 2.75) is 25.3 Å². The second-order valence-corrected chi connectivity index (χ2v) is 8.76. The van der Waals surface area contributed by atoms with Crippen LogP contribution in [-0.2, 0) is 21.4 Å². The summed E-state index contributed by atoms with van der Waals surface area (Å²) in [6.45, 7) is 4.20. The Balaban J connectivity index is 1.85. The number of carbonyl (C=O) groups is 1. The van der Waals surface area contributed by atoms with Crippen LogP contribution >= 0.6 is 11.6 Å². The summed E-state index contributed by atoms with van der Waals surface area (Å²) in [4.78, 5) is 12.5. The minimum atomic E-state index is -3.79. The Labute approximate surface area is 175 Å². The summed E-state index contributed by atoms with van der Waals surface area (Å²) in [7, 11) is -3.79. The largest absolute Gasteiger partial charge is 0.457 e. The maximum absolute atomic E-state index is 12.8. The number of ether oxygens (including phenoxy) is 1. The summed E-state index contributed by atoms with van der Waals surface area (Å²) in [5, 5.41) is 2.13. The smallest absolute Gasteiger partial charge is 0.338 e. The number of benzene rings is 3. The molecule has 0 amide bonds. The van der Waals surface area contributed by atoms with Crippen LogP contribution in [-0.4, -0.2) is 31.8 Å². The Morgan fingerprint density at radius 3 is 2.41 bits per heavy atom. The van der Waals surface area contributed by atoms with Crippen molar-refractivity contribution < 1.29 is 17.9 Å². The molecule has 0 heterocycles. The molecule has 0 spiro atoms. The minimum Gasteiger partial charge on any atom is -0.457 e. The number of fused-ring (bicyclic) bond motifs is 1. The fourth-order valence-electron chi connectivity index (χ4n) is 3.18. The second-order valence-electron chi connectivity index (χ2n) is 6.45. The van der Waals surface area contributed by atoms with Crippen LogP contribution in [0.5, 0.6) is 0 Å². The number of hydrogen-bond acceptors (Lipinski definition) is 4. The van der Waals surface area contributed by atoms with Gasteiger partial charge in [0.2, 0.25) is 10.0 Å². The van der Waals surface area contributed by atoms with Crippen LogP contribution in [0.15, 0.2) is 65.6 Å². The summed E-state index contributed by atoms with van der Waals surface area (Å²) in [6.07, 6.45) is 0. The highest BCUT2D eigenvalue weighted by Gasteiger charge is 2.26. The van der Waals surface area contributed by atoms with Gasteiger partial charge in [0, 0.05) is 13.1 Å². The lowest BCUT2D eigenvalue weighted by Crippen LogP contribution is -2.31. The first-order chi connectivity index (χ1) is 13.9. The van der Waals surface area contributed by atoms with E-state index in [2.05, 4.69) is 0 Å². The van der Waals surface area contributed by atoms with E-state index in [0.29, 0.717) is 13.1 Å². The van der Waals surface area contributed by atoms with Crippen LogP contribution < -0.4 is 0 Å². The molecule has 0 aliphatic heterocycles. The molecule has 0 fully saturated rings. The van der Waals surface area contributed by atoms with Crippen molar-refractivity contribution in [3.8, 4) is 0 Å². The van der Waals surface area contributed by atoms with Crippen molar-refractivity contribution in [1.29, 1.82) is 0 Å². The normalized spacial score (nSPS) is 11.7. The molecule has 29 heavy (non-hydrogen) atoms. The number of nitrogens with zero attached hydrogens (tertiary/aromatic N) is 1. The third-order valence-electron chi connectivity index (χ3n) is 4.73. The van der Waals surface area contributed by atoms with E-state index in [0.717, 1.165) is 16.3 Å². The minimum absolute atomic E-state index is 0.0718. The van der Waals surface area contributed by atoms with Gasteiger partial charge in [-0.2, -0.15) is 4.31 Å². The molecule has 0 aliphatic carbocycles. The monoisotopic (exact) mass is 431 g/mol. The van der Waals surface area contributed by atoms with Gasteiger partial charge >= 0.3 is 5.97 Å². The van der Waals surface area contributed by atoms with E-state index < -0.39 is 16.0 Å². The molecule has 152 valence electrons. The molecule has 0 radical (unpaired) electrons. The average Bonchev–Trinajstić information content (AvgIpc) is 2.72. The van der Waals surface area contributed by atoms with E-state index in [1.807, 2.05) is 42.5 Å². The first-order valence-electron chi connectivity index (χ1n) is 9.32. The maximum atomic E-state index is 12.8. The van der Waals surface area contributed by atoms with Crippen LogP contribution in [0.2, 0.25) is 5.02 Å². The van der Waals surface area contributed by atoms with E-state index in [4.69, 9.17) is 16.3 Å². The topological polar surface area (TPSA) is 63.7 Å². The predicted octanol–water partition coefficient (Wildman–Crippen LogP) is 4.88. The number of sulfonamides is 1. The third kappa shape index (κ3) is 4.45. The van der Waals surface area contributed by atoms with E-state index in [9.17, 15) is 13.2 Å². The van der Waals surface area contributed by atoms with Crippen molar-refractivity contribution in [2.24, 2.45) is 0 Å². The zero-order valence-electron chi connectivity index (χ0n) is 16.3. The molecule has 0 saturated carbocycles. The number of esters is 1. The predicted molar refractivity (Wildman–Crippen MR) is 115 cm³/mol. The Kier molecular flexibility index (Phi) is 6.57. The molecule has 5 nitrogen and oxygen atoms in total. The molecular formula is C22H22ClNO4S. The van der Waals surface area contributed by atoms with Crippen molar-refractivity contribution >= 4 is 38.4 Å². The molecule has 3 aromatic carbocycles. The van der Waals surface area contributed by atoms with Gasteiger partial charge in [-0.05, 0) is 34.5 Å².